The topological polar surface area (TPSA) is 25.2 Å². The third-order valence-electron chi connectivity index (χ3n) is 3.15. The molecule has 19 heavy (non-hydrogen) atoms. The molecule has 0 saturated heterocycles. The van der Waals surface area contributed by atoms with E-state index in [4.69, 9.17) is 4.42 Å². The number of furan rings is 1. The molecular formula is C16H20FNO. The minimum absolute atomic E-state index is 0.188. The van der Waals surface area contributed by atoms with E-state index in [0.717, 1.165) is 36.5 Å². The van der Waals surface area contributed by atoms with Crippen LogP contribution in [0.5, 0.6) is 0 Å². The number of aryl methyl sites for hydroxylation is 1. The molecule has 0 amide bonds. The van der Waals surface area contributed by atoms with Crippen LogP contribution in [0.25, 0.3) is 0 Å². The molecule has 1 heterocycles. The second kappa shape index (κ2) is 6.53. The highest BCUT2D eigenvalue weighted by molar-refractivity contribution is 5.17. The van der Waals surface area contributed by atoms with Gasteiger partial charge in [-0.2, -0.15) is 0 Å². The smallest absolute Gasteiger partial charge is 0.123 e. The van der Waals surface area contributed by atoms with E-state index >= 15 is 0 Å². The van der Waals surface area contributed by atoms with Crippen molar-refractivity contribution < 1.29 is 8.81 Å². The third-order valence-corrected chi connectivity index (χ3v) is 3.15. The summed E-state index contributed by atoms with van der Waals surface area (Å²) in [6.45, 7) is 4.92. The van der Waals surface area contributed by atoms with Crippen LogP contribution in [0.4, 0.5) is 4.39 Å². The molecule has 1 N–H and O–H groups in total. The molecular weight excluding hydrogens is 241 g/mol. The molecule has 3 heteroatoms. The largest absolute Gasteiger partial charge is 0.465 e. The second-order valence-corrected chi connectivity index (χ2v) is 4.83. The molecule has 0 aliphatic heterocycles. The normalized spacial score (nSPS) is 12.6. The van der Waals surface area contributed by atoms with E-state index in [1.807, 2.05) is 24.3 Å². The summed E-state index contributed by atoms with van der Waals surface area (Å²) in [5.41, 5.74) is 1.13. The first-order chi connectivity index (χ1) is 9.17. The van der Waals surface area contributed by atoms with Crippen LogP contribution in [-0.2, 0) is 19.4 Å². The number of hydrogen-bond acceptors (Lipinski definition) is 2. The first-order valence-electron chi connectivity index (χ1n) is 6.72. The average molecular weight is 261 g/mol. The maximum atomic E-state index is 12.8. The Morgan fingerprint density at radius 1 is 1.11 bits per heavy atom. The summed E-state index contributed by atoms with van der Waals surface area (Å²) >= 11 is 0. The lowest BCUT2D eigenvalue weighted by Gasteiger charge is -2.12. The summed E-state index contributed by atoms with van der Waals surface area (Å²) in [6.07, 6.45) is 1.80. The monoisotopic (exact) mass is 261 g/mol. The Morgan fingerprint density at radius 3 is 2.42 bits per heavy atom. The van der Waals surface area contributed by atoms with E-state index in [0.29, 0.717) is 6.04 Å². The molecule has 1 aromatic heterocycles. The van der Waals surface area contributed by atoms with Gasteiger partial charge >= 0.3 is 0 Å². The molecule has 0 spiro atoms. The van der Waals surface area contributed by atoms with Crippen LogP contribution in [0.3, 0.4) is 0 Å². The number of halogens is 1. The lowest BCUT2D eigenvalue weighted by atomic mass is 10.1. The second-order valence-electron chi connectivity index (χ2n) is 4.83. The molecule has 1 unspecified atom stereocenters. The van der Waals surface area contributed by atoms with Crippen LogP contribution >= 0.6 is 0 Å². The van der Waals surface area contributed by atoms with Crippen molar-refractivity contribution in [3.63, 3.8) is 0 Å². The van der Waals surface area contributed by atoms with Crippen molar-refractivity contribution in [1.82, 2.24) is 5.32 Å². The highest BCUT2D eigenvalue weighted by Gasteiger charge is 2.05. The van der Waals surface area contributed by atoms with E-state index in [-0.39, 0.29) is 5.82 Å². The predicted octanol–water partition coefficient (Wildman–Crippen LogP) is 3.70. The van der Waals surface area contributed by atoms with Gasteiger partial charge in [0, 0.05) is 12.5 Å². The summed E-state index contributed by atoms with van der Waals surface area (Å²) in [6, 6.07) is 11.0. The van der Waals surface area contributed by atoms with Gasteiger partial charge in [-0.05, 0) is 43.2 Å². The van der Waals surface area contributed by atoms with Crippen LogP contribution in [0.15, 0.2) is 40.8 Å². The van der Waals surface area contributed by atoms with Crippen LogP contribution in [-0.4, -0.2) is 6.04 Å². The summed E-state index contributed by atoms with van der Waals surface area (Å²) in [5.74, 6) is 1.79. The standard InChI is InChI=1S/C16H20FNO/c1-3-15-8-9-16(19-15)11-18-12(2)10-13-4-6-14(17)7-5-13/h4-9,12,18H,3,10-11H2,1-2H3. The Labute approximate surface area is 113 Å². The van der Waals surface area contributed by atoms with E-state index in [9.17, 15) is 4.39 Å². The Morgan fingerprint density at radius 2 is 1.79 bits per heavy atom. The molecule has 0 bridgehead atoms. The third kappa shape index (κ3) is 4.21. The van der Waals surface area contributed by atoms with E-state index in [2.05, 4.69) is 19.2 Å². The molecule has 2 aromatic rings. The Hall–Kier alpha value is -1.61. The Kier molecular flexibility index (Phi) is 4.74. The summed E-state index contributed by atoms with van der Waals surface area (Å²) in [7, 11) is 0. The van der Waals surface area contributed by atoms with Gasteiger partial charge in [-0.15, -0.1) is 0 Å². The van der Waals surface area contributed by atoms with Gasteiger partial charge in [-0.1, -0.05) is 19.1 Å². The van der Waals surface area contributed by atoms with E-state index < -0.39 is 0 Å². The minimum atomic E-state index is -0.188. The summed E-state index contributed by atoms with van der Waals surface area (Å²) < 4.78 is 18.4. The predicted molar refractivity (Wildman–Crippen MR) is 74.5 cm³/mol. The fraction of sp³-hybridized carbons (Fsp3) is 0.375. The quantitative estimate of drug-likeness (QED) is 0.857. The number of nitrogens with one attached hydrogen (secondary N) is 1. The van der Waals surface area contributed by atoms with Crippen LogP contribution in [0.2, 0.25) is 0 Å². The van der Waals surface area contributed by atoms with Crippen molar-refractivity contribution in [2.75, 3.05) is 0 Å². The van der Waals surface area contributed by atoms with Gasteiger partial charge < -0.3 is 9.73 Å². The van der Waals surface area contributed by atoms with Crippen molar-refractivity contribution >= 4 is 0 Å². The van der Waals surface area contributed by atoms with Gasteiger partial charge in [0.25, 0.3) is 0 Å². The molecule has 0 radical (unpaired) electrons. The first-order valence-corrected chi connectivity index (χ1v) is 6.72. The molecule has 2 nitrogen and oxygen atoms in total. The highest BCUT2D eigenvalue weighted by atomic mass is 19.1. The minimum Gasteiger partial charge on any atom is -0.465 e. The number of rotatable bonds is 6. The van der Waals surface area contributed by atoms with Crippen LogP contribution in [0, 0.1) is 5.82 Å². The fourth-order valence-corrected chi connectivity index (χ4v) is 2.03. The maximum absolute atomic E-state index is 12.8. The van der Waals surface area contributed by atoms with Crippen molar-refractivity contribution in [3.8, 4) is 0 Å². The summed E-state index contributed by atoms with van der Waals surface area (Å²) in [4.78, 5) is 0. The molecule has 0 aliphatic carbocycles. The van der Waals surface area contributed by atoms with Crippen molar-refractivity contribution in [2.24, 2.45) is 0 Å². The van der Waals surface area contributed by atoms with Gasteiger partial charge in [-0.3, -0.25) is 0 Å². The zero-order valence-corrected chi connectivity index (χ0v) is 11.4. The van der Waals surface area contributed by atoms with Gasteiger partial charge in [0.05, 0.1) is 6.54 Å². The van der Waals surface area contributed by atoms with Crippen molar-refractivity contribution in [3.05, 3.63) is 59.3 Å². The first kappa shape index (κ1) is 13.8. The maximum Gasteiger partial charge on any atom is 0.123 e. The number of benzene rings is 1. The lowest BCUT2D eigenvalue weighted by molar-refractivity contribution is 0.431. The van der Waals surface area contributed by atoms with E-state index in [1.165, 1.54) is 12.1 Å². The fourth-order valence-electron chi connectivity index (χ4n) is 2.03. The number of hydrogen-bond donors (Lipinski definition) is 1. The van der Waals surface area contributed by atoms with Gasteiger partial charge in [0.2, 0.25) is 0 Å². The van der Waals surface area contributed by atoms with Crippen molar-refractivity contribution in [1.29, 1.82) is 0 Å². The summed E-state index contributed by atoms with van der Waals surface area (Å²) in [5, 5.41) is 3.41. The van der Waals surface area contributed by atoms with Gasteiger partial charge in [0.1, 0.15) is 17.3 Å². The lowest BCUT2D eigenvalue weighted by Crippen LogP contribution is -2.27. The van der Waals surface area contributed by atoms with Gasteiger partial charge in [-0.25, -0.2) is 4.39 Å². The average Bonchev–Trinajstić information content (AvgIpc) is 2.87. The zero-order valence-electron chi connectivity index (χ0n) is 11.4. The Bertz CT molecular complexity index is 504. The molecule has 2 rings (SSSR count). The van der Waals surface area contributed by atoms with Gasteiger partial charge in [0.15, 0.2) is 0 Å². The van der Waals surface area contributed by atoms with Crippen LogP contribution < -0.4 is 5.32 Å². The molecule has 1 atom stereocenters. The van der Waals surface area contributed by atoms with Crippen LogP contribution in [0.1, 0.15) is 30.9 Å². The molecule has 0 aliphatic rings. The van der Waals surface area contributed by atoms with Crippen molar-refractivity contribution in [2.45, 2.75) is 39.3 Å². The van der Waals surface area contributed by atoms with E-state index in [1.54, 1.807) is 0 Å². The molecule has 0 saturated carbocycles. The molecule has 1 aromatic carbocycles. The zero-order chi connectivity index (χ0) is 13.7. The SMILES string of the molecule is CCc1ccc(CNC(C)Cc2ccc(F)cc2)o1. The highest BCUT2D eigenvalue weighted by Crippen LogP contribution is 2.09. The Balaban J connectivity index is 1.81. The molecule has 0 fully saturated rings. The molecule has 102 valence electrons.